The van der Waals surface area contributed by atoms with E-state index in [0.717, 1.165) is 11.3 Å². The first-order chi connectivity index (χ1) is 9.15. The second-order valence-corrected chi connectivity index (χ2v) is 4.78. The lowest BCUT2D eigenvalue weighted by molar-refractivity contribution is 0.302. The summed E-state index contributed by atoms with van der Waals surface area (Å²) in [6.45, 7) is 0.330. The number of nitrogens with one attached hydrogen (secondary N) is 1. The molecule has 5 heteroatoms. The number of hydrogen-bond acceptors (Lipinski definition) is 4. The standard InChI is InChI=1S/C14H15N3O2/c1-17(2)14-15-11-8-19-12-6-4-3-5-9(12)7-10(11)13(18)16-14/h3-6H,7-8H2,1-2H3,(H,15,16,18). The summed E-state index contributed by atoms with van der Waals surface area (Å²) < 4.78 is 5.73. The van der Waals surface area contributed by atoms with Crippen molar-refractivity contribution >= 4 is 5.95 Å². The first-order valence-corrected chi connectivity index (χ1v) is 6.15. The molecule has 3 rings (SSSR count). The monoisotopic (exact) mass is 257 g/mol. The molecular formula is C14H15N3O2. The van der Waals surface area contributed by atoms with Crippen LogP contribution in [0.25, 0.3) is 0 Å². The van der Waals surface area contributed by atoms with Gasteiger partial charge in [0.25, 0.3) is 5.56 Å². The summed E-state index contributed by atoms with van der Waals surface area (Å²) in [5.41, 5.74) is 2.33. The lowest BCUT2D eigenvalue weighted by Crippen LogP contribution is -2.23. The predicted octanol–water partition coefficient (Wildman–Crippen LogP) is 1.32. The third-order valence-electron chi connectivity index (χ3n) is 3.22. The fraction of sp³-hybridized carbons (Fsp3) is 0.286. The number of nitrogens with zero attached hydrogens (tertiary/aromatic N) is 2. The molecule has 19 heavy (non-hydrogen) atoms. The molecule has 1 N–H and O–H groups in total. The zero-order chi connectivity index (χ0) is 13.4. The highest BCUT2D eigenvalue weighted by Crippen LogP contribution is 2.26. The van der Waals surface area contributed by atoms with Gasteiger partial charge in [-0.1, -0.05) is 18.2 Å². The highest BCUT2D eigenvalue weighted by atomic mass is 16.5. The molecule has 2 heterocycles. The van der Waals surface area contributed by atoms with E-state index < -0.39 is 0 Å². The summed E-state index contributed by atoms with van der Waals surface area (Å²) >= 11 is 0. The SMILES string of the molecule is CN(C)c1nc2c(c(=O)[nH]1)Cc1ccccc1OC2. The van der Waals surface area contributed by atoms with E-state index in [0.29, 0.717) is 30.2 Å². The van der Waals surface area contributed by atoms with Crippen LogP contribution in [0.4, 0.5) is 5.95 Å². The molecule has 2 aromatic rings. The minimum atomic E-state index is -0.0889. The summed E-state index contributed by atoms with van der Waals surface area (Å²) in [4.78, 5) is 21.2. The zero-order valence-electron chi connectivity index (χ0n) is 10.9. The average molecular weight is 257 g/mol. The second-order valence-electron chi connectivity index (χ2n) is 4.78. The molecular weight excluding hydrogens is 242 g/mol. The van der Waals surface area contributed by atoms with Crippen LogP contribution in [-0.2, 0) is 13.0 Å². The highest BCUT2D eigenvalue weighted by Gasteiger charge is 2.19. The normalized spacial score (nSPS) is 12.9. The van der Waals surface area contributed by atoms with Crippen LogP contribution in [0, 0.1) is 0 Å². The molecule has 0 spiro atoms. The molecule has 1 aromatic heterocycles. The maximum atomic E-state index is 12.2. The fourth-order valence-electron chi connectivity index (χ4n) is 2.17. The van der Waals surface area contributed by atoms with Gasteiger partial charge in [-0.15, -0.1) is 0 Å². The molecule has 0 bridgehead atoms. The van der Waals surface area contributed by atoms with E-state index in [1.54, 1.807) is 4.90 Å². The Morgan fingerprint density at radius 3 is 2.89 bits per heavy atom. The van der Waals surface area contributed by atoms with E-state index in [2.05, 4.69) is 9.97 Å². The molecule has 0 unspecified atom stereocenters. The second kappa shape index (κ2) is 4.42. The van der Waals surface area contributed by atoms with Crippen molar-refractivity contribution in [3.63, 3.8) is 0 Å². The van der Waals surface area contributed by atoms with Gasteiger partial charge >= 0.3 is 0 Å². The third-order valence-corrected chi connectivity index (χ3v) is 3.22. The van der Waals surface area contributed by atoms with Crippen LogP contribution in [-0.4, -0.2) is 24.1 Å². The highest BCUT2D eigenvalue weighted by molar-refractivity contribution is 5.41. The van der Waals surface area contributed by atoms with Crippen molar-refractivity contribution in [1.82, 2.24) is 9.97 Å². The van der Waals surface area contributed by atoms with Crippen LogP contribution in [0.2, 0.25) is 0 Å². The van der Waals surface area contributed by atoms with E-state index in [1.807, 2.05) is 38.4 Å². The Hall–Kier alpha value is -2.30. The lowest BCUT2D eigenvalue weighted by atomic mass is 10.1. The lowest BCUT2D eigenvalue weighted by Gasteiger charge is -2.13. The quantitative estimate of drug-likeness (QED) is 0.837. The molecule has 0 radical (unpaired) electrons. The Morgan fingerprint density at radius 2 is 2.11 bits per heavy atom. The van der Waals surface area contributed by atoms with Gasteiger partial charge in [0.1, 0.15) is 12.4 Å². The molecule has 0 fully saturated rings. The Morgan fingerprint density at radius 1 is 1.32 bits per heavy atom. The van der Waals surface area contributed by atoms with E-state index >= 15 is 0 Å². The molecule has 1 aliphatic rings. The third kappa shape index (κ3) is 2.07. The summed E-state index contributed by atoms with van der Waals surface area (Å²) in [5.74, 6) is 1.38. The summed E-state index contributed by atoms with van der Waals surface area (Å²) in [5, 5.41) is 0. The van der Waals surface area contributed by atoms with Gasteiger partial charge in [-0.05, 0) is 11.6 Å². The van der Waals surface area contributed by atoms with Crippen LogP contribution >= 0.6 is 0 Å². The van der Waals surface area contributed by atoms with Gasteiger partial charge in [-0.3, -0.25) is 9.78 Å². The van der Waals surface area contributed by atoms with Gasteiger partial charge in [0.15, 0.2) is 0 Å². The van der Waals surface area contributed by atoms with Gasteiger partial charge in [0.05, 0.1) is 5.69 Å². The van der Waals surface area contributed by atoms with Crippen molar-refractivity contribution in [2.45, 2.75) is 13.0 Å². The molecule has 0 amide bonds. The van der Waals surface area contributed by atoms with Crippen molar-refractivity contribution in [2.75, 3.05) is 19.0 Å². The number of anilines is 1. The topological polar surface area (TPSA) is 58.2 Å². The number of benzene rings is 1. The Balaban J connectivity index is 2.12. The number of aromatic nitrogens is 2. The van der Waals surface area contributed by atoms with Crippen LogP contribution in [0.5, 0.6) is 5.75 Å². The number of fused-ring (bicyclic) bond motifs is 2. The minimum Gasteiger partial charge on any atom is -0.487 e. The molecule has 1 aromatic carbocycles. The molecule has 5 nitrogen and oxygen atoms in total. The molecule has 0 saturated carbocycles. The number of aromatic amines is 1. The number of H-pyrrole nitrogens is 1. The Bertz CT molecular complexity index is 677. The van der Waals surface area contributed by atoms with Crippen molar-refractivity contribution in [3.8, 4) is 5.75 Å². The molecule has 0 saturated heterocycles. The van der Waals surface area contributed by atoms with Gasteiger partial charge in [0, 0.05) is 26.1 Å². The molecule has 0 atom stereocenters. The molecule has 1 aliphatic heterocycles. The number of rotatable bonds is 1. The van der Waals surface area contributed by atoms with Crippen molar-refractivity contribution in [1.29, 1.82) is 0 Å². The van der Waals surface area contributed by atoms with Gasteiger partial charge < -0.3 is 9.64 Å². The number of hydrogen-bond donors (Lipinski definition) is 1. The van der Waals surface area contributed by atoms with Crippen molar-refractivity contribution < 1.29 is 4.74 Å². The summed E-state index contributed by atoms with van der Waals surface area (Å²) in [6, 6.07) is 7.77. The largest absolute Gasteiger partial charge is 0.487 e. The minimum absolute atomic E-state index is 0.0889. The first-order valence-electron chi connectivity index (χ1n) is 6.15. The summed E-state index contributed by atoms with van der Waals surface area (Å²) in [6.07, 6.45) is 0.557. The molecule has 98 valence electrons. The number of para-hydroxylation sites is 1. The maximum Gasteiger partial charge on any atom is 0.256 e. The van der Waals surface area contributed by atoms with Crippen LogP contribution < -0.4 is 15.2 Å². The van der Waals surface area contributed by atoms with Gasteiger partial charge in [0.2, 0.25) is 5.95 Å². The smallest absolute Gasteiger partial charge is 0.256 e. The number of ether oxygens (including phenoxy) is 1. The maximum absolute atomic E-state index is 12.2. The first kappa shape index (κ1) is 11.8. The van der Waals surface area contributed by atoms with Crippen LogP contribution in [0.3, 0.4) is 0 Å². The average Bonchev–Trinajstić information content (AvgIpc) is 2.58. The molecule has 0 aliphatic carbocycles. The van der Waals surface area contributed by atoms with Gasteiger partial charge in [-0.2, -0.15) is 0 Å². The van der Waals surface area contributed by atoms with E-state index in [-0.39, 0.29) is 5.56 Å². The Labute approximate surface area is 110 Å². The van der Waals surface area contributed by atoms with Crippen LogP contribution in [0.1, 0.15) is 16.8 Å². The van der Waals surface area contributed by atoms with E-state index in [9.17, 15) is 4.79 Å². The fourth-order valence-corrected chi connectivity index (χ4v) is 2.17. The van der Waals surface area contributed by atoms with Crippen molar-refractivity contribution in [3.05, 3.63) is 51.4 Å². The Kier molecular flexibility index (Phi) is 2.74. The summed E-state index contributed by atoms with van der Waals surface area (Å²) in [7, 11) is 3.69. The van der Waals surface area contributed by atoms with Crippen molar-refractivity contribution in [2.24, 2.45) is 0 Å². The van der Waals surface area contributed by atoms with Crippen LogP contribution in [0.15, 0.2) is 29.1 Å². The van der Waals surface area contributed by atoms with E-state index in [1.165, 1.54) is 0 Å². The van der Waals surface area contributed by atoms with Gasteiger partial charge in [-0.25, -0.2) is 4.98 Å². The van der Waals surface area contributed by atoms with E-state index in [4.69, 9.17) is 4.74 Å². The zero-order valence-corrected chi connectivity index (χ0v) is 10.9. The predicted molar refractivity (Wildman–Crippen MR) is 72.8 cm³/mol.